The number of hydrogen-bond donors (Lipinski definition) is 0. The zero-order valence-electron chi connectivity index (χ0n) is 10.7. The van der Waals surface area contributed by atoms with E-state index in [4.69, 9.17) is 0 Å². The highest BCUT2D eigenvalue weighted by atomic mass is 14.3. The summed E-state index contributed by atoms with van der Waals surface area (Å²) in [6.45, 7) is 4.47. The Bertz CT molecular complexity index is 309. The van der Waals surface area contributed by atoms with Crippen molar-refractivity contribution in [3.63, 3.8) is 0 Å². The van der Waals surface area contributed by atoms with Crippen molar-refractivity contribution in [2.45, 2.75) is 58.3 Å². The van der Waals surface area contributed by atoms with Gasteiger partial charge in [0.05, 0.1) is 0 Å². The van der Waals surface area contributed by atoms with Crippen LogP contribution in [0.5, 0.6) is 0 Å². The molecule has 1 aliphatic carbocycles. The van der Waals surface area contributed by atoms with E-state index in [0.29, 0.717) is 0 Å². The van der Waals surface area contributed by atoms with Crippen LogP contribution in [0.25, 0.3) is 0 Å². The number of unbranched alkanes of at least 4 members (excludes halogenated alkanes) is 1. The maximum atomic E-state index is 2.34. The second-order valence-electron chi connectivity index (χ2n) is 5.43. The van der Waals surface area contributed by atoms with Crippen molar-refractivity contribution in [3.05, 3.63) is 35.4 Å². The van der Waals surface area contributed by atoms with Crippen LogP contribution < -0.4 is 0 Å². The molecule has 0 radical (unpaired) electrons. The lowest BCUT2D eigenvalue weighted by Crippen LogP contribution is -1.96. The predicted octanol–water partition coefficient (Wildman–Crippen LogP) is 5.07. The Labute approximate surface area is 100 Å². The van der Waals surface area contributed by atoms with Crippen molar-refractivity contribution in [3.8, 4) is 0 Å². The third kappa shape index (κ3) is 2.87. The fourth-order valence-electron chi connectivity index (χ4n) is 2.97. The van der Waals surface area contributed by atoms with Gasteiger partial charge >= 0.3 is 0 Å². The molecule has 0 saturated heterocycles. The molecule has 0 aliphatic heterocycles. The monoisotopic (exact) mass is 216 g/mol. The molecule has 2 rings (SSSR count). The van der Waals surface area contributed by atoms with E-state index in [0.717, 1.165) is 11.8 Å². The molecule has 0 amide bonds. The Morgan fingerprint density at radius 1 is 1.12 bits per heavy atom. The summed E-state index contributed by atoms with van der Waals surface area (Å²) in [5, 5.41) is 0. The van der Waals surface area contributed by atoms with E-state index in [2.05, 4.69) is 38.1 Å². The first-order valence-electron chi connectivity index (χ1n) is 6.86. The summed E-state index contributed by atoms with van der Waals surface area (Å²) in [5.41, 5.74) is 2.95. The molecular formula is C16H24. The predicted molar refractivity (Wildman–Crippen MR) is 70.8 cm³/mol. The molecule has 2 atom stereocenters. The highest BCUT2D eigenvalue weighted by molar-refractivity contribution is 5.25. The molecule has 1 aromatic rings. The van der Waals surface area contributed by atoms with E-state index < -0.39 is 0 Å². The lowest BCUT2D eigenvalue weighted by molar-refractivity contribution is 0.474. The molecule has 1 fully saturated rings. The molecule has 0 aromatic heterocycles. The van der Waals surface area contributed by atoms with Crippen LogP contribution in [0.4, 0.5) is 0 Å². The normalized spacial score (nSPS) is 24.9. The van der Waals surface area contributed by atoms with Crippen LogP contribution in [0.2, 0.25) is 0 Å². The average molecular weight is 216 g/mol. The lowest BCUT2D eigenvalue weighted by Gasteiger charge is -2.11. The highest BCUT2D eigenvalue weighted by Crippen LogP contribution is 2.40. The van der Waals surface area contributed by atoms with Crippen molar-refractivity contribution in [2.24, 2.45) is 5.92 Å². The topological polar surface area (TPSA) is 0 Å². The van der Waals surface area contributed by atoms with Gasteiger partial charge in [-0.05, 0) is 43.6 Å². The Balaban J connectivity index is 1.90. The van der Waals surface area contributed by atoms with Crippen LogP contribution in [0, 0.1) is 12.8 Å². The van der Waals surface area contributed by atoms with Crippen LogP contribution in [-0.2, 0) is 0 Å². The third-order valence-corrected chi connectivity index (χ3v) is 4.06. The fraction of sp³-hybridized carbons (Fsp3) is 0.625. The van der Waals surface area contributed by atoms with Gasteiger partial charge in [0.25, 0.3) is 0 Å². The number of hydrogen-bond acceptors (Lipinski definition) is 0. The molecule has 0 bridgehead atoms. The fourth-order valence-corrected chi connectivity index (χ4v) is 2.97. The minimum absolute atomic E-state index is 0.849. The second kappa shape index (κ2) is 5.52. The minimum Gasteiger partial charge on any atom is -0.0654 e. The summed E-state index contributed by atoms with van der Waals surface area (Å²) in [6.07, 6.45) is 8.54. The molecule has 0 heterocycles. The van der Waals surface area contributed by atoms with Crippen LogP contribution in [0.15, 0.2) is 24.3 Å². The molecule has 0 heteroatoms. The number of rotatable bonds is 4. The van der Waals surface area contributed by atoms with Crippen molar-refractivity contribution < 1.29 is 0 Å². The van der Waals surface area contributed by atoms with Crippen LogP contribution in [0.3, 0.4) is 0 Å². The summed E-state index contributed by atoms with van der Waals surface area (Å²) in [6, 6.07) is 9.19. The molecule has 1 aromatic carbocycles. The van der Waals surface area contributed by atoms with Gasteiger partial charge in [0.2, 0.25) is 0 Å². The van der Waals surface area contributed by atoms with E-state index in [9.17, 15) is 0 Å². The van der Waals surface area contributed by atoms with Gasteiger partial charge in [0.15, 0.2) is 0 Å². The van der Waals surface area contributed by atoms with Crippen LogP contribution >= 0.6 is 0 Å². The largest absolute Gasteiger partial charge is 0.0654 e. The molecule has 0 nitrogen and oxygen atoms in total. The highest BCUT2D eigenvalue weighted by Gasteiger charge is 2.24. The molecule has 0 N–H and O–H groups in total. The molecule has 0 spiro atoms. The van der Waals surface area contributed by atoms with Crippen molar-refractivity contribution in [1.82, 2.24) is 0 Å². The molecule has 1 saturated carbocycles. The maximum absolute atomic E-state index is 2.34. The van der Waals surface area contributed by atoms with Gasteiger partial charge in [-0.25, -0.2) is 0 Å². The van der Waals surface area contributed by atoms with Crippen LogP contribution in [0.1, 0.15) is 62.5 Å². The quantitative estimate of drug-likeness (QED) is 0.659. The molecular weight excluding hydrogens is 192 g/mol. The van der Waals surface area contributed by atoms with Gasteiger partial charge in [0.1, 0.15) is 0 Å². The van der Waals surface area contributed by atoms with Gasteiger partial charge in [-0.3, -0.25) is 0 Å². The summed E-state index contributed by atoms with van der Waals surface area (Å²) >= 11 is 0. The van der Waals surface area contributed by atoms with E-state index in [1.54, 1.807) is 5.56 Å². The zero-order chi connectivity index (χ0) is 11.4. The SMILES string of the molecule is CCCCC1CCC(c2ccc(C)cc2)C1. The summed E-state index contributed by atoms with van der Waals surface area (Å²) in [4.78, 5) is 0. The van der Waals surface area contributed by atoms with Crippen molar-refractivity contribution >= 4 is 0 Å². The lowest BCUT2D eigenvalue weighted by atomic mass is 9.94. The van der Waals surface area contributed by atoms with Crippen molar-refractivity contribution in [2.75, 3.05) is 0 Å². The first-order chi connectivity index (χ1) is 7.79. The summed E-state index contributed by atoms with van der Waals surface area (Å²) in [7, 11) is 0. The van der Waals surface area contributed by atoms with E-state index in [1.807, 2.05) is 0 Å². The van der Waals surface area contributed by atoms with E-state index in [-0.39, 0.29) is 0 Å². The van der Waals surface area contributed by atoms with E-state index >= 15 is 0 Å². The van der Waals surface area contributed by atoms with Gasteiger partial charge in [-0.2, -0.15) is 0 Å². The Morgan fingerprint density at radius 2 is 1.88 bits per heavy atom. The zero-order valence-corrected chi connectivity index (χ0v) is 10.7. The van der Waals surface area contributed by atoms with Gasteiger partial charge in [-0.1, -0.05) is 56.0 Å². The standard InChI is InChI=1S/C16H24/c1-3-4-5-14-8-11-16(12-14)15-9-6-13(2)7-10-15/h6-7,9-10,14,16H,3-5,8,11-12H2,1-2H3. The Hall–Kier alpha value is -0.780. The molecule has 88 valence electrons. The molecule has 1 aliphatic rings. The average Bonchev–Trinajstić information content (AvgIpc) is 2.76. The van der Waals surface area contributed by atoms with Crippen molar-refractivity contribution in [1.29, 1.82) is 0 Å². The first-order valence-corrected chi connectivity index (χ1v) is 6.86. The summed E-state index contributed by atoms with van der Waals surface area (Å²) < 4.78 is 0. The summed E-state index contributed by atoms with van der Waals surface area (Å²) in [5.74, 6) is 1.86. The number of benzene rings is 1. The minimum atomic E-state index is 0.849. The second-order valence-corrected chi connectivity index (χ2v) is 5.43. The first kappa shape index (κ1) is 11.7. The van der Waals surface area contributed by atoms with E-state index in [1.165, 1.54) is 44.1 Å². The molecule has 16 heavy (non-hydrogen) atoms. The maximum Gasteiger partial charge on any atom is -0.0159 e. The van der Waals surface area contributed by atoms with Gasteiger partial charge < -0.3 is 0 Å². The van der Waals surface area contributed by atoms with Crippen LogP contribution in [-0.4, -0.2) is 0 Å². The molecule has 2 unspecified atom stereocenters. The van der Waals surface area contributed by atoms with Gasteiger partial charge in [-0.15, -0.1) is 0 Å². The van der Waals surface area contributed by atoms with Gasteiger partial charge in [0, 0.05) is 0 Å². The Kier molecular flexibility index (Phi) is 4.04. The Morgan fingerprint density at radius 3 is 2.56 bits per heavy atom. The smallest absolute Gasteiger partial charge is 0.0159 e. The number of aryl methyl sites for hydroxylation is 1. The third-order valence-electron chi connectivity index (χ3n) is 4.06.